The van der Waals surface area contributed by atoms with Crippen molar-refractivity contribution in [3.63, 3.8) is 0 Å². The molecule has 136 valence electrons. The van der Waals surface area contributed by atoms with Crippen LogP contribution in [0.2, 0.25) is 0 Å². The van der Waals surface area contributed by atoms with E-state index in [1.54, 1.807) is 26.0 Å². The summed E-state index contributed by atoms with van der Waals surface area (Å²) < 4.78 is 11.0. The summed E-state index contributed by atoms with van der Waals surface area (Å²) in [6.45, 7) is 3.61. The third-order valence-corrected chi connectivity index (χ3v) is 4.28. The van der Waals surface area contributed by atoms with Crippen LogP contribution in [0.1, 0.15) is 27.0 Å². The zero-order valence-electron chi connectivity index (χ0n) is 14.7. The van der Waals surface area contributed by atoms with E-state index in [0.717, 1.165) is 28.9 Å². The zero-order chi connectivity index (χ0) is 18.7. The molecule has 0 fully saturated rings. The van der Waals surface area contributed by atoms with Crippen LogP contribution in [-0.2, 0) is 11.2 Å². The van der Waals surface area contributed by atoms with Crippen molar-refractivity contribution in [1.29, 1.82) is 0 Å². The third kappa shape index (κ3) is 3.96. The van der Waals surface area contributed by atoms with Gasteiger partial charge < -0.3 is 19.9 Å². The fourth-order valence-corrected chi connectivity index (χ4v) is 3.13. The van der Waals surface area contributed by atoms with E-state index < -0.39 is 12.6 Å². The van der Waals surface area contributed by atoms with Crippen LogP contribution in [0, 0.1) is 13.8 Å². The van der Waals surface area contributed by atoms with Crippen LogP contribution >= 0.6 is 0 Å². The molecule has 1 atom stereocenters. The number of benzene rings is 2. The smallest absolute Gasteiger partial charge is 0.341 e. The third-order valence-electron chi connectivity index (χ3n) is 4.28. The molecule has 2 N–H and O–H groups in total. The second-order valence-electron chi connectivity index (χ2n) is 6.41. The molecule has 0 aliphatic carbocycles. The van der Waals surface area contributed by atoms with Crippen LogP contribution in [0.5, 0.6) is 11.5 Å². The van der Waals surface area contributed by atoms with E-state index in [1.165, 1.54) is 0 Å². The van der Waals surface area contributed by atoms with Crippen molar-refractivity contribution in [2.45, 2.75) is 26.3 Å². The average Bonchev–Trinajstić information content (AvgIpc) is 2.60. The molecule has 1 aliphatic heterocycles. The Kier molecular flexibility index (Phi) is 5.11. The van der Waals surface area contributed by atoms with Gasteiger partial charge in [-0.05, 0) is 55.2 Å². The minimum Gasteiger partial charge on any atom is -0.491 e. The SMILES string of the molecule is Cc1cc(C(=O)NC2COc3ccccc3C2)cc(C)c1OCC(=O)O. The molecular weight excluding hydrogens is 334 g/mol. The first-order valence-corrected chi connectivity index (χ1v) is 8.41. The van der Waals surface area contributed by atoms with Gasteiger partial charge in [-0.1, -0.05) is 18.2 Å². The van der Waals surface area contributed by atoms with Gasteiger partial charge in [-0.15, -0.1) is 0 Å². The molecule has 1 aliphatic rings. The monoisotopic (exact) mass is 355 g/mol. The molecule has 6 nitrogen and oxygen atoms in total. The lowest BCUT2D eigenvalue weighted by Crippen LogP contribution is -2.42. The van der Waals surface area contributed by atoms with Crippen LogP contribution in [-0.4, -0.2) is 36.2 Å². The Hall–Kier alpha value is -3.02. The summed E-state index contributed by atoms with van der Waals surface area (Å²) in [5, 5.41) is 11.8. The lowest BCUT2D eigenvalue weighted by Gasteiger charge is -2.26. The topological polar surface area (TPSA) is 84.9 Å². The first-order valence-electron chi connectivity index (χ1n) is 8.41. The standard InChI is InChI=1S/C20H21NO5/c1-12-7-15(8-13(2)19(12)26-11-18(22)23)20(24)21-16-9-14-5-3-4-6-17(14)25-10-16/h3-8,16H,9-11H2,1-2H3,(H,21,24)(H,22,23). The van der Waals surface area contributed by atoms with E-state index >= 15 is 0 Å². The van der Waals surface area contributed by atoms with E-state index in [0.29, 0.717) is 17.9 Å². The lowest BCUT2D eigenvalue weighted by atomic mass is 10.0. The van der Waals surface area contributed by atoms with Gasteiger partial charge in [0.25, 0.3) is 5.91 Å². The molecule has 1 heterocycles. The molecule has 2 aromatic rings. The van der Waals surface area contributed by atoms with Crippen molar-refractivity contribution >= 4 is 11.9 Å². The van der Waals surface area contributed by atoms with Gasteiger partial charge in [-0.3, -0.25) is 4.79 Å². The fraction of sp³-hybridized carbons (Fsp3) is 0.300. The van der Waals surface area contributed by atoms with Gasteiger partial charge in [0.15, 0.2) is 6.61 Å². The molecule has 1 unspecified atom stereocenters. The maximum absolute atomic E-state index is 12.6. The first-order chi connectivity index (χ1) is 12.4. The highest BCUT2D eigenvalue weighted by Crippen LogP contribution is 2.26. The number of carbonyl (C=O) groups is 2. The number of aryl methyl sites for hydroxylation is 2. The Morgan fingerprint density at radius 2 is 1.92 bits per heavy atom. The van der Waals surface area contributed by atoms with Gasteiger partial charge >= 0.3 is 5.97 Å². The highest BCUT2D eigenvalue weighted by Gasteiger charge is 2.22. The van der Waals surface area contributed by atoms with E-state index in [2.05, 4.69) is 5.32 Å². The molecule has 0 saturated heterocycles. The molecule has 26 heavy (non-hydrogen) atoms. The minimum absolute atomic E-state index is 0.0963. The summed E-state index contributed by atoms with van der Waals surface area (Å²) in [5.74, 6) is 0.140. The molecule has 1 amide bonds. The number of aliphatic carboxylic acids is 1. The van der Waals surface area contributed by atoms with Crippen LogP contribution in [0.15, 0.2) is 36.4 Å². The van der Waals surface area contributed by atoms with Crippen molar-refractivity contribution in [2.24, 2.45) is 0 Å². The number of carbonyl (C=O) groups excluding carboxylic acids is 1. The number of amides is 1. The Bertz CT molecular complexity index is 823. The van der Waals surface area contributed by atoms with Crippen molar-refractivity contribution < 1.29 is 24.2 Å². The molecule has 0 aromatic heterocycles. The van der Waals surface area contributed by atoms with Gasteiger partial charge in [0.05, 0.1) is 6.04 Å². The Morgan fingerprint density at radius 1 is 1.23 bits per heavy atom. The second kappa shape index (κ2) is 7.47. The van der Waals surface area contributed by atoms with E-state index in [4.69, 9.17) is 14.6 Å². The number of para-hydroxylation sites is 1. The summed E-state index contributed by atoms with van der Waals surface area (Å²) in [6, 6.07) is 11.1. The summed E-state index contributed by atoms with van der Waals surface area (Å²) in [4.78, 5) is 23.3. The number of hydrogen-bond acceptors (Lipinski definition) is 4. The second-order valence-corrected chi connectivity index (χ2v) is 6.41. The van der Waals surface area contributed by atoms with Gasteiger partial charge in [-0.2, -0.15) is 0 Å². The van der Waals surface area contributed by atoms with E-state index in [9.17, 15) is 9.59 Å². The maximum Gasteiger partial charge on any atom is 0.341 e. The summed E-state index contributed by atoms with van der Waals surface area (Å²) >= 11 is 0. The minimum atomic E-state index is -1.04. The van der Waals surface area contributed by atoms with Gasteiger partial charge in [0, 0.05) is 5.56 Å². The number of fused-ring (bicyclic) bond motifs is 1. The molecule has 0 bridgehead atoms. The number of ether oxygens (including phenoxy) is 2. The molecule has 0 radical (unpaired) electrons. The zero-order valence-corrected chi connectivity index (χ0v) is 14.7. The van der Waals surface area contributed by atoms with Gasteiger partial charge in [0.2, 0.25) is 0 Å². The number of carboxylic acids is 1. The molecule has 0 spiro atoms. The van der Waals surface area contributed by atoms with Crippen LogP contribution in [0.4, 0.5) is 0 Å². The first kappa shape index (κ1) is 17.8. The lowest BCUT2D eigenvalue weighted by molar-refractivity contribution is -0.139. The van der Waals surface area contributed by atoms with Crippen molar-refractivity contribution in [3.05, 3.63) is 58.7 Å². The Labute approximate surface area is 151 Å². The predicted molar refractivity (Wildman–Crippen MR) is 95.9 cm³/mol. The van der Waals surface area contributed by atoms with Crippen molar-refractivity contribution in [1.82, 2.24) is 5.32 Å². The van der Waals surface area contributed by atoms with Gasteiger partial charge in [0.1, 0.15) is 18.1 Å². The molecule has 3 rings (SSSR count). The van der Waals surface area contributed by atoms with E-state index in [1.807, 2.05) is 24.3 Å². The molecular formula is C20H21NO5. The normalized spacial score (nSPS) is 15.5. The molecule has 0 saturated carbocycles. The number of carboxylic acid groups (broad SMARTS) is 1. The average molecular weight is 355 g/mol. The predicted octanol–water partition coefficient (Wildman–Crippen LogP) is 2.50. The Morgan fingerprint density at radius 3 is 2.62 bits per heavy atom. The van der Waals surface area contributed by atoms with Crippen LogP contribution < -0.4 is 14.8 Å². The van der Waals surface area contributed by atoms with Gasteiger partial charge in [-0.25, -0.2) is 4.79 Å². The highest BCUT2D eigenvalue weighted by molar-refractivity contribution is 5.95. The largest absolute Gasteiger partial charge is 0.491 e. The van der Waals surface area contributed by atoms with Crippen LogP contribution in [0.25, 0.3) is 0 Å². The molecule has 6 heteroatoms. The number of rotatable bonds is 5. The summed E-state index contributed by atoms with van der Waals surface area (Å²) in [7, 11) is 0. The highest BCUT2D eigenvalue weighted by atomic mass is 16.5. The van der Waals surface area contributed by atoms with Crippen molar-refractivity contribution in [3.8, 4) is 11.5 Å². The Balaban J connectivity index is 1.69. The number of nitrogens with one attached hydrogen (secondary N) is 1. The fourth-order valence-electron chi connectivity index (χ4n) is 3.13. The summed E-state index contributed by atoms with van der Waals surface area (Å²) in [6.07, 6.45) is 0.722. The quantitative estimate of drug-likeness (QED) is 0.861. The van der Waals surface area contributed by atoms with Crippen LogP contribution in [0.3, 0.4) is 0 Å². The van der Waals surface area contributed by atoms with Crippen molar-refractivity contribution in [2.75, 3.05) is 13.2 Å². The summed E-state index contributed by atoms with van der Waals surface area (Å²) in [5.41, 5.74) is 3.04. The number of hydrogen-bond donors (Lipinski definition) is 2. The molecule has 2 aromatic carbocycles. The maximum atomic E-state index is 12.6. The van der Waals surface area contributed by atoms with E-state index in [-0.39, 0.29) is 11.9 Å².